The number of nitrogens with zero attached hydrogens (tertiary/aromatic N) is 2. The van der Waals surface area contributed by atoms with Crippen molar-refractivity contribution in [2.45, 2.75) is 17.9 Å². The summed E-state index contributed by atoms with van der Waals surface area (Å²) in [5.74, 6) is -0.428. The van der Waals surface area contributed by atoms with Gasteiger partial charge in [0.1, 0.15) is 6.04 Å². The smallest absolute Gasteiger partial charge is 0.289 e. The number of rotatable bonds is 3. The summed E-state index contributed by atoms with van der Waals surface area (Å²) in [6.45, 7) is 1.68. The Morgan fingerprint density at radius 3 is 2.76 bits per heavy atom. The minimum atomic E-state index is -4.14. The predicted molar refractivity (Wildman–Crippen MR) is 77.2 cm³/mol. The van der Waals surface area contributed by atoms with Gasteiger partial charge in [-0.1, -0.05) is 15.9 Å². The zero-order valence-electron chi connectivity index (χ0n) is 10.9. The molecule has 1 aliphatic heterocycles. The van der Waals surface area contributed by atoms with Crippen LogP contribution in [0.4, 0.5) is 5.69 Å². The highest BCUT2D eigenvalue weighted by Gasteiger charge is 2.38. The lowest BCUT2D eigenvalue weighted by Gasteiger charge is -2.31. The number of piperazine rings is 1. The van der Waals surface area contributed by atoms with Crippen LogP contribution in [0.15, 0.2) is 27.6 Å². The zero-order chi connectivity index (χ0) is 15.8. The molecule has 0 radical (unpaired) electrons. The summed E-state index contributed by atoms with van der Waals surface area (Å²) in [7, 11) is -4.14. The SMILES string of the molecule is CC1C(=O)NCCN1S(=O)(=O)c1cc(Br)ccc1[N+](=O)[O-]. The normalized spacial score (nSPS) is 20.1. The number of nitrogens with one attached hydrogen (secondary N) is 1. The Kier molecular flexibility index (Phi) is 4.30. The number of nitro groups is 1. The van der Waals surface area contributed by atoms with Gasteiger partial charge in [-0.15, -0.1) is 0 Å². The van der Waals surface area contributed by atoms with Crippen molar-refractivity contribution in [3.63, 3.8) is 0 Å². The molecule has 1 aromatic rings. The molecule has 0 spiro atoms. The Labute approximate surface area is 129 Å². The molecule has 10 heteroatoms. The second kappa shape index (κ2) is 5.70. The fraction of sp³-hybridized carbons (Fsp3) is 0.364. The Morgan fingerprint density at radius 2 is 2.14 bits per heavy atom. The van der Waals surface area contributed by atoms with Crippen LogP contribution in [0.5, 0.6) is 0 Å². The molecule has 0 bridgehead atoms. The predicted octanol–water partition coefficient (Wildman–Crippen LogP) is 0.866. The van der Waals surface area contributed by atoms with Crippen LogP contribution in [0.25, 0.3) is 0 Å². The summed E-state index contributed by atoms with van der Waals surface area (Å²) in [5, 5.41) is 13.6. The van der Waals surface area contributed by atoms with Crippen LogP contribution in [0.3, 0.4) is 0 Å². The maximum Gasteiger partial charge on any atom is 0.289 e. The molecule has 1 atom stereocenters. The summed E-state index contributed by atoms with van der Waals surface area (Å²) in [4.78, 5) is 21.5. The van der Waals surface area contributed by atoms with Crippen molar-refractivity contribution in [3.05, 3.63) is 32.8 Å². The largest absolute Gasteiger partial charge is 0.353 e. The Morgan fingerprint density at radius 1 is 1.48 bits per heavy atom. The lowest BCUT2D eigenvalue weighted by atomic mass is 10.2. The van der Waals surface area contributed by atoms with Gasteiger partial charge in [0.05, 0.1) is 4.92 Å². The quantitative estimate of drug-likeness (QED) is 0.620. The summed E-state index contributed by atoms with van der Waals surface area (Å²) in [6.07, 6.45) is 0. The van der Waals surface area contributed by atoms with E-state index in [1.54, 1.807) is 0 Å². The van der Waals surface area contributed by atoms with E-state index < -0.39 is 37.5 Å². The molecule has 1 heterocycles. The number of halogens is 1. The van der Waals surface area contributed by atoms with Crippen LogP contribution in [0.2, 0.25) is 0 Å². The van der Waals surface area contributed by atoms with Gasteiger partial charge in [0.2, 0.25) is 5.91 Å². The van der Waals surface area contributed by atoms with E-state index in [0.717, 1.165) is 10.4 Å². The van der Waals surface area contributed by atoms with Crippen LogP contribution in [-0.4, -0.2) is 42.7 Å². The molecule has 1 fully saturated rings. The van der Waals surface area contributed by atoms with E-state index in [1.807, 2.05) is 0 Å². The molecule has 1 aliphatic rings. The minimum absolute atomic E-state index is 0.0684. The van der Waals surface area contributed by atoms with Gasteiger partial charge in [0.25, 0.3) is 15.7 Å². The molecule has 1 amide bonds. The van der Waals surface area contributed by atoms with Crippen LogP contribution < -0.4 is 5.32 Å². The maximum atomic E-state index is 12.6. The third-order valence-electron chi connectivity index (χ3n) is 3.15. The Hall–Kier alpha value is -1.52. The van der Waals surface area contributed by atoms with Gasteiger partial charge in [-0.05, 0) is 19.1 Å². The van der Waals surface area contributed by atoms with Crippen molar-refractivity contribution in [1.82, 2.24) is 9.62 Å². The number of benzene rings is 1. The van der Waals surface area contributed by atoms with Crippen molar-refractivity contribution in [1.29, 1.82) is 0 Å². The molecule has 114 valence electrons. The third-order valence-corrected chi connectivity index (χ3v) is 5.64. The molecule has 21 heavy (non-hydrogen) atoms. The van der Waals surface area contributed by atoms with Gasteiger partial charge in [0, 0.05) is 23.6 Å². The van der Waals surface area contributed by atoms with Gasteiger partial charge in [-0.3, -0.25) is 14.9 Å². The van der Waals surface area contributed by atoms with Crippen LogP contribution in [0.1, 0.15) is 6.92 Å². The van der Waals surface area contributed by atoms with Crippen molar-refractivity contribution in [3.8, 4) is 0 Å². The molecule has 0 saturated carbocycles. The van der Waals surface area contributed by atoms with Gasteiger partial charge >= 0.3 is 0 Å². The molecular weight excluding hydrogens is 366 g/mol. The van der Waals surface area contributed by atoms with Crippen LogP contribution >= 0.6 is 15.9 Å². The van der Waals surface area contributed by atoms with E-state index in [9.17, 15) is 23.3 Å². The number of nitro benzene ring substituents is 1. The van der Waals surface area contributed by atoms with E-state index >= 15 is 0 Å². The molecule has 1 N–H and O–H groups in total. The molecular formula is C11H12BrN3O5S. The number of sulfonamides is 1. The number of carbonyl (C=O) groups is 1. The maximum absolute atomic E-state index is 12.6. The van der Waals surface area contributed by atoms with Crippen LogP contribution in [0, 0.1) is 10.1 Å². The van der Waals surface area contributed by atoms with E-state index in [0.29, 0.717) is 4.47 Å². The summed E-state index contributed by atoms with van der Waals surface area (Å²) < 4.78 is 26.7. The highest BCUT2D eigenvalue weighted by molar-refractivity contribution is 9.10. The van der Waals surface area contributed by atoms with Crippen molar-refractivity contribution in [2.24, 2.45) is 0 Å². The first-order chi connectivity index (χ1) is 9.75. The minimum Gasteiger partial charge on any atom is -0.353 e. The van der Waals surface area contributed by atoms with Crippen molar-refractivity contribution in [2.75, 3.05) is 13.1 Å². The topological polar surface area (TPSA) is 110 Å². The first kappa shape index (κ1) is 15.9. The van der Waals surface area contributed by atoms with E-state index in [2.05, 4.69) is 21.2 Å². The molecule has 1 aromatic carbocycles. The Balaban J connectivity index is 2.56. The average molecular weight is 378 g/mol. The molecule has 8 nitrogen and oxygen atoms in total. The first-order valence-corrected chi connectivity index (χ1v) is 8.22. The van der Waals surface area contributed by atoms with Gasteiger partial charge in [0.15, 0.2) is 4.90 Å². The number of amides is 1. The van der Waals surface area contributed by atoms with Gasteiger partial charge in [-0.2, -0.15) is 4.31 Å². The standard InChI is InChI=1S/C11H12BrN3O5S/c1-7-11(16)13-4-5-14(7)21(19,20)10-6-8(12)2-3-9(10)15(17)18/h2-3,6-7H,4-5H2,1H3,(H,13,16). The lowest BCUT2D eigenvalue weighted by Crippen LogP contribution is -2.55. The fourth-order valence-electron chi connectivity index (χ4n) is 2.06. The fourth-order valence-corrected chi connectivity index (χ4v) is 4.35. The van der Waals surface area contributed by atoms with Gasteiger partial charge < -0.3 is 5.32 Å². The molecule has 0 aromatic heterocycles. The second-order valence-corrected chi connectivity index (χ2v) is 7.23. The first-order valence-electron chi connectivity index (χ1n) is 5.98. The molecule has 1 saturated heterocycles. The number of carbonyl (C=O) groups excluding carboxylic acids is 1. The third kappa shape index (κ3) is 2.92. The van der Waals surface area contributed by atoms with Crippen molar-refractivity contribution >= 4 is 37.5 Å². The van der Waals surface area contributed by atoms with E-state index in [4.69, 9.17) is 0 Å². The number of hydrogen-bond acceptors (Lipinski definition) is 5. The highest BCUT2D eigenvalue weighted by Crippen LogP contribution is 2.30. The molecule has 0 aliphatic carbocycles. The summed E-state index contributed by atoms with van der Waals surface area (Å²) in [6, 6.07) is 2.77. The van der Waals surface area contributed by atoms with Crippen molar-refractivity contribution < 1.29 is 18.1 Å². The van der Waals surface area contributed by atoms with Gasteiger partial charge in [-0.25, -0.2) is 8.42 Å². The zero-order valence-corrected chi connectivity index (χ0v) is 13.3. The summed E-state index contributed by atoms with van der Waals surface area (Å²) >= 11 is 3.10. The van der Waals surface area contributed by atoms with E-state index in [-0.39, 0.29) is 13.1 Å². The lowest BCUT2D eigenvalue weighted by molar-refractivity contribution is -0.387. The Bertz CT molecular complexity index is 706. The number of hydrogen-bond donors (Lipinski definition) is 1. The highest BCUT2D eigenvalue weighted by atomic mass is 79.9. The summed E-state index contributed by atoms with van der Waals surface area (Å²) in [5.41, 5.74) is -0.517. The molecule has 1 unspecified atom stereocenters. The molecule has 2 rings (SSSR count). The van der Waals surface area contributed by atoms with E-state index in [1.165, 1.54) is 19.1 Å². The van der Waals surface area contributed by atoms with Crippen LogP contribution in [-0.2, 0) is 14.8 Å². The monoisotopic (exact) mass is 377 g/mol. The second-order valence-electron chi connectivity index (χ2n) is 4.45. The average Bonchev–Trinajstić information content (AvgIpc) is 2.41.